The van der Waals surface area contributed by atoms with Gasteiger partial charge in [-0.15, -0.1) is 0 Å². The lowest BCUT2D eigenvalue weighted by Crippen LogP contribution is -2.44. The number of benzene rings is 1. The molecular weight excluding hydrogens is 330 g/mol. The predicted octanol–water partition coefficient (Wildman–Crippen LogP) is 2.28. The number of halogens is 1. The molecule has 0 unspecified atom stereocenters. The third kappa shape index (κ3) is 5.69. The van der Waals surface area contributed by atoms with Crippen LogP contribution < -0.4 is 5.32 Å². The molecule has 1 aromatic carbocycles. The lowest BCUT2D eigenvalue weighted by molar-refractivity contribution is -0.121. The van der Waals surface area contributed by atoms with Crippen LogP contribution in [0.2, 0.25) is 5.02 Å². The molecule has 1 aliphatic heterocycles. The number of carbonyl (C=O) groups is 2. The van der Waals surface area contributed by atoms with E-state index in [9.17, 15) is 14.7 Å². The van der Waals surface area contributed by atoms with Gasteiger partial charge in [0.25, 0.3) is 0 Å². The zero-order valence-electron chi connectivity index (χ0n) is 13.9. The normalized spacial score (nSPS) is 15.9. The van der Waals surface area contributed by atoms with Gasteiger partial charge in [-0.25, -0.2) is 4.79 Å². The molecule has 0 spiro atoms. The van der Waals surface area contributed by atoms with E-state index in [0.717, 1.165) is 37.5 Å². The van der Waals surface area contributed by atoms with Crippen molar-refractivity contribution >= 4 is 23.6 Å². The van der Waals surface area contributed by atoms with E-state index in [1.54, 1.807) is 0 Å². The monoisotopic (exact) mass is 353 g/mol. The van der Waals surface area contributed by atoms with Crippen LogP contribution in [0, 0.1) is 5.92 Å². The Labute approximate surface area is 147 Å². The third-order valence-corrected chi connectivity index (χ3v) is 4.64. The van der Waals surface area contributed by atoms with Gasteiger partial charge in [-0.2, -0.15) is 0 Å². The summed E-state index contributed by atoms with van der Waals surface area (Å²) in [4.78, 5) is 26.3. The molecular formula is C17H24ClN3O3. The van der Waals surface area contributed by atoms with Crippen molar-refractivity contribution in [1.29, 1.82) is 0 Å². The Morgan fingerprint density at radius 1 is 1.29 bits per heavy atom. The van der Waals surface area contributed by atoms with Gasteiger partial charge in [0.05, 0.1) is 0 Å². The molecule has 24 heavy (non-hydrogen) atoms. The van der Waals surface area contributed by atoms with Crippen molar-refractivity contribution in [2.75, 3.05) is 33.2 Å². The molecule has 0 atom stereocenters. The standard InChI is InChI=1S/C17H24ClN3O3/c1-19-16(22)12-21(17(23)24)11-14-6-8-20(9-7-14)10-13-2-4-15(18)5-3-13/h2-5,14H,6-12H2,1H3,(H,19,22)(H,23,24). The van der Waals surface area contributed by atoms with E-state index < -0.39 is 6.09 Å². The second-order valence-electron chi connectivity index (χ2n) is 6.18. The molecule has 7 heteroatoms. The van der Waals surface area contributed by atoms with E-state index in [2.05, 4.69) is 10.2 Å². The molecule has 1 saturated heterocycles. The highest BCUT2D eigenvalue weighted by molar-refractivity contribution is 6.30. The summed E-state index contributed by atoms with van der Waals surface area (Å²) < 4.78 is 0. The van der Waals surface area contributed by atoms with E-state index in [-0.39, 0.29) is 12.5 Å². The minimum Gasteiger partial charge on any atom is -0.465 e. The van der Waals surface area contributed by atoms with Crippen LogP contribution in [0.5, 0.6) is 0 Å². The molecule has 1 fully saturated rings. The summed E-state index contributed by atoms with van der Waals surface area (Å²) >= 11 is 5.90. The Balaban J connectivity index is 1.79. The fraction of sp³-hybridized carbons (Fsp3) is 0.529. The zero-order valence-corrected chi connectivity index (χ0v) is 14.6. The summed E-state index contributed by atoms with van der Waals surface area (Å²) in [6, 6.07) is 7.86. The van der Waals surface area contributed by atoms with E-state index >= 15 is 0 Å². The highest BCUT2D eigenvalue weighted by atomic mass is 35.5. The number of likely N-dealkylation sites (N-methyl/N-ethyl adjacent to an activating group) is 1. The predicted molar refractivity (Wildman–Crippen MR) is 93.1 cm³/mol. The van der Waals surface area contributed by atoms with Crippen molar-refractivity contribution in [3.8, 4) is 0 Å². The summed E-state index contributed by atoms with van der Waals surface area (Å²) in [6.45, 7) is 3.06. The Hall–Kier alpha value is -1.79. The Bertz CT molecular complexity index is 557. The fourth-order valence-corrected chi connectivity index (χ4v) is 3.08. The number of carboxylic acid groups (broad SMARTS) is 1. The van der Waals surface area contributed by atoms with Crippen molar-refractivity contribution in [3.63, 3.8) is 0 Å². The lowest BCUT2D eigenvalue weighted by Gasteiger charge is -2.34. The molecule has 1 heterocycles. The summed E-state index contributed by atoms with van der Waals surface area (Å²) in [7, 11) is 1.51. The van der Waals surface area contributed by atoms with Crippen LogP contribution in [0.4, 0.5) is 4.79 Å². The van der Waals surface area contributed by atoms with Gasteiger partial charge in [0.1, 0.15) is 6.54 Å². The summed E-state index contributed by atoms with van der Waals surface area (Å²) in [5, 5.41) is 12.4. The number of nitrogens with one attached hydrogen (secondary N) is 1. The second kappa shape index (κ2) is 8.89. The van der Waals surface area contributed by atoms with Crippen LogP contribution in [0.25, 0.3) is 0 Å². The summed E-state index contributed by atoms with van der Waals surface area (Å²) in [5.74, 6) is 0.0183. The van der Waals surface area contributed by atoms with Crippen LogP contribution in [0.15, 0.2) is 24.3 Å². The Morgan fingerprint density at radius 2 is 1.92 bits per heavy atom. The molecule has 2 N–H and O–H groups in total. The van der Waals surface area contributed by atoms with E-state index in [1.165, 1.54) is 17.5 Å². The topological polar surface area (TPSA) is 72.9 Å². The Morgan fingerprint density at radius 3 is 2.46 bits per heavy atom. The smallest absolute Gasteiger partial charge is 0.407 e. The molecule has 132 valence electrons. The molecule has 6 nitrogen and oxygen atoms in total. The lowest BCUT2D eigenvalue weighted by atomic mass is 9.96. The van der Waals surface area contributed by atoms with Gasteiger partial charge in [-0.1, -0.05) is 23.7 Å². The maximum absolute atomic E-state index is 11.4. The average molecular weight is 354 g/mol. The van der Waals surface area contributed by atoms with Crippen LogP contribution >= 0.6 is 11.6 Å². The molecule has 2 amide bonds. The van der Waals surface area contributed by atoms with E-state index in [1.807, 2.05) is 24.3 Å². The third-order valence-electron chi connectivity index (χ3n) is 4.39. The van der Waals surface area contributed by atoms with Crippen molar-refractivity contribution in [2.45, 2.75) is 19.4 Å². The van der Waals surface area contributed by atoms with Crippen molar-refractivity contribution in [1.82, 2.24) is 15.1 Å². The number of amides is 2. The SMILES string of the molecule is CNC(=O)CN(CC1CCN(Cc2ccc(Cl)cc2)CC1)C(=O)O. The van der Waals surface area contributed by atoms with Crippen molar-refractivity contribution < 1.29 is 14.7 Å². The molecule has 0 saturated carbocycles. The summed E-state index contributed by atoms with van der Waals surface area (Å²) in [5.41, 5.74) is 1.23. The van der Waals surface area contributed by atoms with Gasteiger partial charge in [0.15, 0.2) is 0 Å². The molecule has 2 rings (SSSR count). The molecule has 1 aliphatic rings. The first-order valence-corrected chi connectivity index (χ1v) is 8.51. The number of rotatable bonds is 6. The van der Waals surface area contributed by atoms with Crippen molar-refractivity contribution in [2.24, 2.45) is 5.92 Å². The zero-order chi connectivity index (χ0) is 17.5. The van der Waals surface area contributed by atoms with Gasteiger partial charge in [-0.3, -0.25) is 14.6 Å². The number of likely N-dealkylation sites (tertiary alicyclic amines) is 1. The number of hydrogen-bond acceptors (Lipinski definition) is 3. The number of carbonyl (C=O) groups excluding carboxylic acids is 1. The molecule has 1 aromatic rings. The largest absolute Gasteiger partial charge is 0.465 e. The summed E-state index contributed by atoms with van der Waals surface area (Å²) in [6.07, 6.45) is 0.832. The average Bonchev–Trinajstić information content (AvgIpc) is 2.57. The van der Waals surface area contributed by atoms with Gasteiger partial charge < -0.3 is 10.4 Å². The van der Waals surface area contributed by atoms with Crippen LogP contribution in [0.3, 0.4) is 0 Å². The van der Waals surface area contributed by atoms with Crippen LogP contribution in [-0.2, 0) is 11.3 Å². The van der Waals surface area contributed by atoms with Crippen molar-refractivity contribution in [3.05, 3.63) is 34.9 Å². The first kappa shape index (κ1) is 18.5. The molecule has 0 aliphatic carbocycles. The van der Waals surface area contributed by atoms with Gasteiger partial charge in [0, 0.05) is 25.2 Å². The molecule has 0 bridgehead atoms. The number of hydrogen-bond donors (Lipinski definition) is 2. The maximum atomic E-state index is 11.4. The first-order valence-electron chi connectivity index (χ1n) is 8.13. The van der Waals surface area contributed by atoms with E-state index in [0.29, 0.717) is 12.5 Å². The number of nitrogens with zero attached hydrogens (tertiary/aromatic N) is 2. The fourth-order valence-electron chi connectivity index (χ4n) is 2.95. The van der Waals surface area contributed by atoms with E-state index in [4.69, 9.17) is 11.6 Å². The second-order valence-corrected chi connectivity index (χ2v) is 6.62. The minimum absolute atomic E-state index is 0.100. The highest BCUT2D eigenvalue weighted by Gasteiger charge is 2.24. The quantitative estimate of drug-likeness (QED) is 0.823. The van der Waals surface area contributed by atoms with Gasteiger partial charge in [-0.05, 0) is 49.5 Å². The molecule has 0 aromatic heterocycles. The minimum atomic E-state index is -1.04. The van der Waals surface area contributed by atoms with Gasteiger partial charge >= 0.3 is 6.09 Å². The van der Waals surface area contributed by atoms with Crippen LogP contribution in [-0.4, -0.2) is 60.1 Å². The Kier molecular flexibility index (Phi) is 6.87. The van der Waals surface area contributed by atoms with Gasteiger partial charge in [0.2, 0.25) is 5.91 Å². The first-order chi connectivity index (χ1) is 11.5. The molecule has 0 radical (unpaired) electrons. The number of piperidine rings is 1. The maximum Gasteiger partial charge on any atom is 0.407 e. The highest BCUT2D eigenvalue weighted by Crippen LogP contribution is 2.21. The van der Waals surface area contributed by atoms with Crippen LogP contribution in [0.1, 0.15) is 18.4 Å².